The van der Waals surface area contributed by atoms with Gasteiger partial charge in [0, 0.05) is 37.5 Å². The van der Waals surface area contributed by atoms with Gasteiger partial charge in [0.15, 0.2) is 0 Å². The SMILES string of the molecule is C=CC(=O)NC1CC2CN(S(=O)(=O)c3ccc(C(=O)N(C)Cc4ccccc4)cc3)CC2S1. The summed E-state index contributed by atoms with van der Waals surface area (Å²) in [4.78, 5) is 26.1. The lowest BCUT2D eigenvalue weighted by Crippen LogP contribution is -2.33. The third-order valence-electron chi connectivity index (χ3n) is 6.04. The zero-order valence-corrected chi connectivity index (χ0v) is 20.0. The van der Waals surface area contributed by atoms with Crippen LogP contribution >= 0.6 is 11.8 Å². The monoisotopic (exact) mass is 485 g/mol. The Morgan fingerprint density at radius 1 is 1.15 bits per heavy atom. The Morgan fingerprint density at radius 3 is 2.48 bits per heavy atom. The van der Waals surface area contributed by atoms with E-state index in [-0.39, 0.29) is 33.3 Å². The molecule has 0 aliphatic carbocycles. The summed E-state index contributed by atoms with van der Waals surface area (Å²) in [5, 5.41) is 3.03. The number of hydrogen-bond donors (Lipinski definition) is 1. The molecule has 2 saturated heterocycles. The lowest BCUT2D eigenvalue weighted by Gasteiger charge is -2.20. The van der Waals surface area contributed by atoms with E-state index in [0.29, 0.717) is 25.2 Å². The van der Waals surface area contributed by atoms with Crippen LogP contribution in [0.25, 0.3) is 0 Å². The topological polar surface area (TPSA) is 86.8 Å². The van der Waals surface area contributed by atoms with E-state index in [1.54, 1.807) is 35.8 Å². The lowest BCUT2D eigenvalue weighted by atomic mass is 10.1. The van der Waals surface area contributed by atoms with Gasteiger partial charge >= 0.3 is 0 Å². The molecule has 7 nitrogen and oxygen atoms in total. The van der Waals surface area contributed by atoms with Crippen molar-refractivity contribution in [1.29, 1.82) is 0 Å². The van der Waals surface area contributed by atoms with Gasteiger partial charge < -0.3 is 10.2 Å². The van der Waals surface area contributed by atoms with E-state index in [9.17, 15) is 18.0 Å². The maximum absolute atomic E-state index is 13.2. The minimum Gasteiger partial charge on any atom is -0.341 e. The van der Waals surface area contributed by atoms with Crippen molar-refractivity contribution >= 4 is 33.6 Å². The molecule has 2 aliphatic rings. The van der Waals surface area contributed by atoms with Gasteiger partial charge in [-0.3, -0.25) is 9.59 Å². The van der Waals surface area contributed by atoms with E-state index < -0.39 is 10.0 Å². The molecule has 0 spiro atoms. The van der Waals surface area contributed by atoms with Crippen molar-refractivity contribution in [3.63, 3.8) is 0 Å². The van der Waals surface area contributed by atoms with Crippen LogP contribution in [0.1, 0.15) is 22.3 Å². The third kappa shape index (κ3) is 5.15. The molecule has 0 bridgehead atoms. The van der Waals surface area contributed by atoms with Crippen molar-refractivity contribution in [2.45, 2.75) is 28.5 Å². The Balaban J connectivity index is 1.38. The van der Waals surface area contributed by atoms with Crippen LogP contribution in [0.3, 0.4) is 0 Å². The molecule has 1 N–H and O–H groups in total. The minimum absolute atomic E-state index is 0.00599. The van der Waals surface area contributed by atoms with E-state index >= 15 is 0 Å². The lowest BCUT2D eigenvalue weighted by molar-refractivity contribution is -0.116. The standard InChI is InChI=1S/C24H27N3O4S2/c1-3-22(28)25-23-13-19-15-27(16-21(19)32-23)33(30,31)20-11-9-18(10-12-20)24(29)26(2)14-17-7-5-4-6-8-17/h3-12,19,21,23H,1,13-16H2,2H3,(H,25,28). The van der Waals surface area contributed by atoms with Crippen molar-refractivity contribution in [3.05, 3.63) is 78.4 Å². The second-order valence-corrected chi connectivity index (χ2v) is 11.7. The number of rotatable bonds is 7. The molecule has 2 aromatic rings. The first-order valence-corrected chi connectivity index (χ1v) is 13.1. The first-order valence-electron chi connectivity index (χ1n) is 10.8. The van der Waals surface area contributed by atoms with Crippen LogP contribution in [0.4, 0.5) is 0 Å². The van der Waals surface area contributed by atoms with Crippen molar-refractivity contribution in [2.75, 3.05) is 20.1 Å². The van der Waals surface area contributed by atoms with Crippen LogP contribution in [0.5, 0.6) is 0 Å². The molecular formula is C24H27N3O4S2. The first kappa shape index (κ1) is 23.5. The summed E-state index contributed by atoms with van der Waals surface area (Å²) in [5.74, 6) is -0.170. The highest BCUT2D eigenvalue weighted by Gasteiger charge is 2.45. The summed E-state index contributed by atoms with van der Waals surface area (Å²) in [5.41, 5.74) is 1.47. The molecule has 2 amide bonds. The molecule has 3 unspecified atom stereocenters. The van der Waals surface area contributed by atoms with Crippen LogP contribution in [-0.2, 0) is 21.4 Å². The molecule has 3 atom stereocenters. The number of benzene rings is 2. The smallest absolute Gasteiger partial charge is 0.253 e. The summed E-state index contributed by atoms with van der Waals surface area (Å²) >= 11 is 1.61. The molecule has 2 fully saturated rings. The van der Waals surface area contributed by atoms with Gasteiger partial charge in [0.05, 0.1) is 10.3 Å². The number of nitrogens with zero attached hydrogens (tertiary/aromatic N) is 2. The van der Waals surface area contributed by atoms with E-state index in [0.717, 1.165) is 12.0 Å². The molecule has 0 aromatic heterocycles. The molecule has 4 rings (SSSR count). The van der Waals surface area contributed by atoms with Gasteiger partial charge in [0.2, 0.25) is 15.9 Å². The van der Waals surface area contributed by atoms with Gasteiger partial charge in [-0.2, -0.15) is 4.31 Å². The van der Waals surface area contributed by atoms with Crippen LogP contribution in [0.15, 0.2) is 72.1 Å². The Morgan fingerprint density at radius 2 is 1.85 bits per heavy atom. The van der Waals surface area contributed by atoms with Gasteiger partial charge in [-0.15, -0.1) is 11.8 Å². The number of sulfonamides is 1. The van der Waals surface area contributed by atoms with Crippen molar-refractivity contribution in [1.82, 2.24) is 14.5 Å². The summed E-state index contributed by atoms with van der Waals surface area (Å²) in [6.45, 7) is 4.79. The zero-order chi connectivity index (χ0) is 23.6. The van der Waals surface area contributed by atoms with Gasteiger partial charge in [0.1, 0.15) is 0 Å². The molecular weight excluding hydrogens is 458 g/mol. The Bertz CT molecular complexity index is 1120. The number of thioether (sulfide) groups is 1. The van der Waals surface area contributed by atoms with Crippen molar-refractivity contribution < 1.29 is 18.0 Å². The van der Waals surface area contributed by atoms with Gasteiger partial charge in [-0.25, -0.2) is 8.42 Å². The highest BCUT2D eigenvalue weighted by atomic mass is 32.2. The number of amides is 2. The molecule has 0 radical (unpaired) electrons. The average molecular weight is 486 g/mol. The van der Waals surface area contributed by atoms with Gasteiger partial charge in [-0.1, -0.05) is 36.9 Å². The second kappa shape index (κ2) is 9.70. The molecule has 0 saturated carbocycles. The molecule has 2 heterocycles. The normalized spacial score (nSPS) is 22.5. The second-order valence-electron chi connectivity index (χ2n) is 8.36. The number of carbonyl (C=O) groups excluding carboxylic acids is 2. The molecule has 174 valence electrons. The van der Waals surface area contributed by atoms with Gasteiger partial charge in [-0.05, 0) is 48.2 Å². The number of fused-ring (bicyclic) bond motifs is 1. The quantitative estimate of drug-likeness (QED) is 0.610. The first-order chi connectivity index (χ1) is 15.8. The minimum atomic E-state index is -3.65. The van der Waals surface area contributed by atoms with E-state index in [2.05, 4.69) is 11.9 Å². The summed E-state index contributed by atoms with van der Waals surface area (Å²) < 4.78 is 27.8. The third-order valence-corrected chi connectivity index (χ3v) is 9.41. The number of hydrogen-bond acceptors (Lipinski definition) is 5. The maximum Gasteiger partial charge on any atom is 0.253 e. The number of nitrogens with one attached hydrogen (secondary N) is 1. The van der Waals surface area contributed by atoms with Crippen LogP contribution in [0.2, 0.25) is 0 Å². The van der Waals surface area contributed by atoms with Crippen molar-refractivity contribution in [2.24, 2.45) is 5.92 Å². The maximum atomic E-state index is 13.2. The molecule has 9 heteroatoms. The molecule has 2 aromatic carbocycles. The fraction of sp³-hybridized carbons (Fsp3) is 0.333. The highest BCUT2D eigenvalue weighted by Crippen LogP contribution is 2.43. The number of carbonyl (C=O) groups is 2. The Hall–Kier alpha value is -2.62. The average Bonchev–Trinajstić information content (AvgIpc) is 3.38. The predicted molar refractivity (Wildman–Crippen MR) is 129 cm³/mol. The fourth-order valence-electron chi connectivity index (χ4n) is 4.30. The highest BCUT2D eigenvalue weighted by molar-refractivity contribution is 8.00. The van der Waals surface area contributed by atoms with E-state index in [4.69, 9.17) is 0 Å². The largest absolute Gasteiger partial charge is 0.341 e. The Labute approximate surface area is 198 Å². The zero-order valence-electron chi connectivity index (χ0n) is 18.4. The van der Waals surface area contributed by atoms with E-state index in [1.165, 1.54) is 22.5 Å². The predicted octanol–water partition coefficient (Wildman–Crippen LogP) is 2.71. The molecule has 33 heavy (non-hydrogen) atoms. The van der Waals surface area contributed by atoms with Crippen molar-refractivity contribution in [3.8, 4) is 0 Å². The van der Waals surface area contributed by atoms with Crippen LogP contribution < -0.4 is 5.32 Å². The summed E-state index contributed by atoms with van der Waals surface area (Å²) in [7, 11) is -1.92. The molecule has 2 aliphatic heterocycles. The van der Waals surface area contributed by atoms with Crippen LogP contribution in [0, 0.1) is 5.92 Å². The summed E-state index contributed by atoms with van der Waals surface area (Å²) in [6, 6.07) is 15.9. The fourth-order valence-corrected chi connectivity index (χ4v) is 7.57. The Kier molecular flexibility index (Phi) is 6.92. The van der Waals surface area contributed by atoms with E-state index in [1.807, 2.05) is 30.3 Å². The summed E-state index contributed by atoms with van der Waals surface area (Å²) in [6.07, 6.45) is 1.99. The van der Waals surface area contributed by atoms with Crippen LogP contribution in [-0.4, -0.2) is 60.2 Å². The van der Waals surface area contributed by atoms with Gasteiger partial charge in [0.25, 0.3) is 5.91 Å².